The lowest BCUT2D eigenvalue weighted by molar-refractivity contribution is -0.122. The van der Waals surface area contributed by atoms with Gasteiger partial charge in [0, 0.05) is 11.5 Å². The number of nitrogens with one attached hydrogen (secondary N) is 2. The molecule has 1 fully saturated rings. The summed E-state index contributed by atoms with van der Waals surface area (Å²) in [4.78, 5) is 11.6. The molecule has 0 radical (unpaired) electrons. The molecule has 17 heavy (non-hydrogen) atoms. The summed E-state index contributed by atoms with van der Waals surface area (Å²) < 4.78 is 0. The molecular formula is C14H16N2O. The molecule has 0 heterocycles. The average Bonchev–Trinajstić information content (AvgIpc) is 3.20. The van der Waals surface area contributed by atoms with Crippen LogP contribution in [0, 0.1) is 5.92 Å². The van der Waals surface area contributed by atoms with E-state index in [-0.39, 0.29) is 11.8 Å². The molecule has 1 saturated carbocycles. The molecule has 0 aliphatic heterocycles. The predicted octanol–water partition coefficient (Wildman–Crippen LogP) is 2.00. The van der Waals surface area contributed by atoms with Crippen LogP contribution in [0.3, 0.4) is 0 Å². The van der Waals surface area contributed by atoms with E-state index in [1.165, 1.54) is 11.1 Å². The minimum Gasteiger partial charge on any atom is -0.298 e. The van der Waals surface area contributed by atoms with Gasteiger partial charge in [-0.05, 0) is 31.2 Å². The number of aryl methyl sites for hydroxylation is 1. The standard InChI is InChI=1S/C14H16N2O/c17-14(11-8-9-11)16-15-13-7-3-5-10-4-1-2-6-12(10)13/h1-2,4,6-7,11,15H,3,5,8-9H2,(H,16,17). The van der Waals surface area contributed by atoms with Crippen LogP contribution < -0.4 is 10.9 Å². The lowest BCUT2D eigenvalue weighted by Crippen LogP contribution is -2.37. The van der Waals surface area contributed by atoms with Crippen molar-refractivity contribution in [2.24, 2.45) is 5.92 Å². The molecule has 0 bridgehead atoms. The molecule has 0 spiro atoms. The molecule has 2 N–H and O–H groups in total. The third-order valence-corrected chi connectivity index (χ3v) is 3.34. The van der Waals surface area contributed by atoms with E-state index in [0.29, 0.717) is 0 Å². The number of benzene rings is 1. The Morgan fingerprint density at radius 2 is 2.06 bits per heavy atom. The third-order valence-electron chi connectivity index (χ3n) is 3.34. The number of hydrogen-bond donors (Lipinski definition) is 2. The third kappa shape index (κ3) is 2.18. The fourth-order valence-corrected chi connectivity index (χ4v) is 2.18. The molecule has 0 aromatic heterocycles. The first kappa shape index (κ1) is 10.4. The smallest absolute Gasteiger partial charge is 0.241 e. The summed E-state index contributed by atoms with van der Waals surface area (Å²) in [5, 5.41) is 0. The molecule has 1 aromatic rings. The SMILES string of the molecule is O=C(NNC1=CCCc2ccccc21)C1CC1. The van der Waals surface area contributed by atoms with Crippen molar-refractivity contribution in [1.29, 1.82) is 0 Å². The Labute approximate surface area is 101 Å². The molecule has 1 amide bonds. The highest BCUT2D eigenvalue weighted by atomic mass is 16.2. The van der Waals surface area contributed by atoms with Crippen LogP contribution >= 0.6 is 0 Å². The highest BCUT2D eigenvalue weighted by molar-refractivity contribution is 5.82. The Bertz CT molecular complexity index is 475. The first-order chi connectivity index (χ1) is 8.34. The zero-order valence-corrected chi connectivity index (χ0v) is 9.70. The first-order valence-corrected chi connectivity index (χ1v) is 6.19. The number of fused-ring (bicyclic) bond motifs is 1. The summed E-state index contributed by atoms with van der Waals surface area (Å²) in [6.45, 7) is 0. The average molecular weight is 228 g/mol. The van der Waals surface area contributed by atoms with Crippen molar-refractivity contribution in [3.63, 3.8) is 0 Å². The summed E-state index contributed by atoms with van der Waals surface area (Å²) in [6.07, 6.45) is 6.32. The van der Waals surface area contributed by atoms with Gasteiger partial charge in [0.1, 0.15) is 0 Å². The van der Waals surface area contributed by atoms with E-state index in [1.807, 2.05) is 6.07 Å². The summed E-state index contributed by atoms with van der Waals surface area (Å²) in [7, 11) is 0. The highest BCUT2D eigenvalue weighted by Crippen LogP contribution is 2.29. The van der Waals surface area contributed by atoms with Crippen LogP contribution in [0.1, 0.15) is 30.4 Å². The van der Waals surface area contributed by atoms with Crippen molar-refractivity contribution in [3.8, 4) is 0 Å². The number of allylic oxidation sites excluding steroid dienone is 1. The lowest BCUT2D eigenvalue weighted by Gasteiger charge is -2.19. The highest BCUT2D eigenvalue weighted by Gasteiger charge is 2.29. The first-order valence-electron chi connectivity index (χ1n) is 6.19. The van der Waals surface area contributed by atoms with Crippen LogP contribution in [0.25, 0.3) is 5.70 Å². The number of carbonyl (C=O) groups is 1. The predicted molar refractivity (Wildman–Crippen MR) is 66.7 cm³/mol. The van der Waals surface area contributed by atoms with Crippen LogP contribution in [0.2, 0.25) is 0 Å². The molecule has 0 unspecified atom stereocenters. The fraction of sp³-hybridized carbons (Fsp3) is 0.357. The summed E-state index contributed by atoms with van der Waals surface area (Å²) >= 11 is 0. The quantitative estimate of drug-likeness (QED) is 0.777. The Morgan fingerprint density at radius 3 is 2.88 bits per heavy atom. The Balaban J connectivity index is 1.70. The van der Waals surface area contributed by atoms with Gasteiger partial charge in [0.25, 0.3) is 0 Å². The number of carbonyl (C=O) groups excluding carboxylic acids is 1. The minimum atomic E-state index is 0.119. The van der Waals surface area contributed by atoms with Crippen molar-refractivity contribution in [2.75, 3.05) is 0 Å². The van der Waals surface area contributed by atoms with Gasteiger partial charge in [0.05, 0.1) is 5.70 Å². The second-order valence-electron chi connectivity index (χ2n) is 4.70. The van der Waals surface area contributed by atoms with E-state index in [0.717, 1.165) is 31.4 Å². The number of hydrogen-bond acceptors (Lipinski definition) is 2. The van der Waals surface area contributed by atoms with E-state index in [9.17, 15) is 4.79 Å². The van der Waals surface area contributed by atoms with Crippen molar-refractivity contribution in [3.05, 3.63) is 41.5 Å². The van der Waals surface area contributed by atoms with E-state index < -0.39 is 0 Å². The fourth-order valence-electron chi connectivity index (χ4n) is 2.18. The maximum atomic E-state index is 11.6. The molecular weight excluding hydrogens is 212 g/mol. The molecule has 0 atom stereocenters. The van der Waals surface area contributed by atoms with E-state index in [4.69, 9.17) is 0 Å². The van der Waals surface area contributed by atoms with Crippen LogP contribution in [0.5, 0.6) is 0 Å². The molecule has 2 aliphatic rings. The maximum Gasteiger partial charge on any atom is 0.241 e. The molecule has 0 saturated heterocycles. The van der Waals surface area contributed by atoms with Crippen LogP contribution in [-0.2, 0) is 11.2 Å². The van der Waals surface area contributed by atoms with Crippen molar-refractivity contribution in [1.82, 2.24) is 10.9 Å². The lowest BCUT2D eigenvalue weighted by atomic mass is 9.95. The molecule has 1 aromatic carbocycles. The summed E-state index contributed by atoms with van der Waals surface area (Å²) in [5.41, 5.74) is 9.44. The van der Waals surface area contributed by atoms with Crippen molar-refractivity contribution >= 4 is 11.6 Å². The van der Waals surface area contributed by atoms with Crippen LogP contribution in [-0.4, -0.2) is 5.91 Å². The van der Waals surface area contributed by atoms with Crippen LogP contribution in [0.4, 0.5) is 0 Å². The molecule has 3 rings (SSSR count). The number of amides is 1. The second-order valence-corrected chi connectivity index (χ2v) is 4.70. The number of rotatable bonds is 3. The summed E-state index contributed by atoms with van der Waals surface area (Å²) in [6, 6.07) is 8.33. The van der Waals surface area contributed by atoms with Crippen molar-refractivity contribution in [2.45, 2.75) is 25.7 Å². The topological polar surface area (TPSA) is 41.1 Å². The van der Waals surface area contributed by atoms with E-state index >= 15 is 0 Å². The zero-order valence-electron chi connectivity index (χ0n) is 9.70. The van der Waals surface area contributed by atoms with Gasteiger partial charge in [-0.2, -0.15) is 0 Å². The second kappa shape index (κ2) is 4.24. The van der Waals surface area contributed by atoms with Gasteiger partial charge in [0.15, 0.2) is 0 Å². The van der Waals surface area contributed by atoms with Gasteiger partial charge in [0.2, 0.25) is 5.91 Å². The minimum absolute atomic E-state index is 0.119. The largest absolute Gasteiger partial charge is 0.298 e. The Hall–Kier alpha value is -1.77. The molecule has 2 aliphatic carbocycles. The van der Waals surface area contributed by atoms with Gasteiger partial charge in [-0.15, -0.1) is 0 Å². The van der Waals surface area contributed by atoms with E-state index in [1.54, 1.807) is 0 Å². The summed E-state index contributed by atoms with van der Waals surface area (Å²) in [5.74, 6) is 0.357. The molecule has 3 heteroatoms. The van der Waals surface area contributed by atoms with Gasteiger partial charge in [-0.25, -0.2) is 0 Å². The van der Waals surface area contributed by atoms with Gasteiger partial charge in [-0.1, -0.05) is 30.3 Å². The normalized spacial score (nSPS) is 18.0. The Morgan fingerprint density at radius 1 is 1.24 bits per heavy atom. The van der Waals surface area contributed by atoms with Gasteiger partial charge >= 0.3 is 0 Å². The van der Waals surface area contributed by atoms with Crippen molar-refractivity contribution < 1.29 is 4.79 Å². The van der Waals surface area contributed by atoms with Gasteiger partial charge in [-0.3, -0.25) is 15.6 Å². The maximum absolute atomic E-state index is 11.6. The zero-order chi connectivity index (χ0) is 11.7. The van der Waals surface area contributed by atoms with Gasteiger partial charge < -0.3 is 0 Å². The molecule has 3 nitrogen and oxygen atoms in total. The molecule has 88 valence electrons. The Kier molecular flexibility index (Phi) is 2.59. The number of hydrazine groups is 1. The monoisotopic (exact) mass is 228 g/mol. The van der Waals surface area contributed by atoms with Crippen LogP contribution in [0.15, 0.2) is 30.3 Å². The van der Waals surface area contributed by atoms with E-state index in [2.05, 4.69) is 35.1 Å².